The van der Waals surface area contributed by atoms with E-state index in [2.05, 4.69) is 12.2 Å². The highest BCUT2D eigenvalue weighted by Crippen LogP contribution is 2.15. The molecule has 1 saturated heterocycles. The molecule has 0 aromatic rings. The number of piperidine rings is 1. The molecule has 1 rings (SSSR count). The molecule has 1 aliphatic heterocycles. The van der Waals surface area contributed by atoms with Crippen molar-refractivity contribution in [3.8, 4) is 0 Å². The Labute approximate surface area is 112 Å². The van der Waals surface area contributed by atoms with E-state index < -0.39 is 10.2 Å². The van der Waals surface area contributed by atoms with E-state index in [1.54, 1.807) is 14.1 Å². The van der Waals surface area contributed by atoms with Crippen LogP contribution in [0.1, 0.15) is 32.6 Å². The lowest BCUT2D eigenvalue weighted by molar-refractivity contribution is 0.297. The van der Waals surface area contributed by atoms with Gasteiger partial charge in [-0.25, -0.2) is 0 Å². The lowest BCUT2D eigenvalue weighted by atomic mass is 9.98. The van der Waals surface area contributed by atoms with Gasteiger partial charge in [0.15, 0.2) is 0 Å². The van der Waals surface area contributed by atoms with Gasteiger partial charge in [0.05, 0.1) is 0 Å². The van der Waals surface area contributed by atoms with Crippen LogP contribution in [0, 0.1) is 5.92 Å². The van der Waals surface area contributed by atoms with E-state index in [9.17, 15) is 8.42 Å². The Kier molecular flexibility index (Phi) is 6.55. The lowest BCUT2D eigenvalue weighted by Gasteiger charge is -2.29. The maximum absolute atomic E-state index is 12.2. The molecule has 0 saturated carbocycles. The molecule has 108 valence electrons. The predicted octanol–water partition coefficient (Wildman–Crippen LogP) is 0.895. The van der Waals surface area contributed by atoms with Gasteiger partial charge in [0.2, 0.25) is 0 Å². The van der Waals surface area contributed by atoms with Gasteiger partial charge in [0, 0.05) is 27.2 Å². The van der Waals surface area contributed by atoms with Gasteiger partial charge in [0.25, 0.3) is 10.2 Å². The molecule has 0 bridgehead atoms. The van der Waals surface area contributed by atoms with Crippen molar-refractivity contribution in [2.45, 2.75) is 32.6 Å². The molecule has 0 radical (unpaired) electrons. The molecule has 6 heteroatoms. The fourth-order valence-corrected chi connectivity index (χ4v) is 3.49. The van der Waals surface area contributed by atoms with E-state index in [1.165, 1.54) is 8.61 Å². The van der Waals surface area contributed by atoms with Crippen molar-refractivity contribution >= 4 is 10.2 Å². The van der Waals surface area contributed by atoms with E-state index in [0.29, 0.717) is 19.0 Å². The molecular formula is C12H27N3O2S. The van der Waals surface area contributed by atoms with Crippen LogP contribution in [0.15, 0.2) is 0 Å². The number of hydrogen-bond acceptors (Lipinski definition) is 3. The molecule has 5 nitrogen and oxygen atoms in total. The van der Waals surface area contributed by atoms with Crippen LogP contribution >= 0.6 is 0 Å². The molecule has 0 atom stereocenters. The monoisotopic (exact) mass is 277 g/mol. The van der Waals surface area contributed by atoms with Gasteiger partial charge in [-0.3, -0.25) is 0 Å². The minimum atomic E-state index is -3.26. The molecular weight excluding hydrogens is 250 g/mol. The Balaban J connectivity index is 2.49. The normalized spacial score (nSPS) is 18.7. The summed E-state index contributed by atoms with van der Waals surface area (Å²) in [6.45, 7) is 5.32. The maximum Gasteiger partial charge on any atom is 0.281 e. The summed E-state index contributed by atoms with van der Waals surface area (Å²) in [6, 6.07) is 0. The Morgan fingerprint density at radius 3 is 2.33 bits per heavy atom. The summed E-state index contributed by atoms with van der Waals surface area (Å²) >= 11 is 0. The second-order valence-corrected chi connectivity index (χ2v) is 7.30. The maximum atomic E-state index is 12.2. The van der Waals surface area contributed by atoms with Gasteiger partial charge in [0.1, 0.15) is 0 Å². The van der Waals surface area contributed by atoms with Crippen LogP contribution in [0.3, 0.4) is 0 Å². The van der Waals surface area contributed by atoms with Gasteiger partial charge in [-0.1, -0.05) is 13.3 Å². The zero-order valence-electron chi connectivity index (χ0n) is 11.9. The SMILES string of the molecule is CCCCN(C)S(=O)(=O)N(C)CC1CCNCC1. The summed E-state index contributed by atoms with van der Waals surface area (Å²) in [5.74, 6) is 0.491. The number of rotatable bonds is 7. The van der Waals surface area contributed by atoms with Crippen molar-refractivity contribution in [2.75, 3.05) is 40.3 Å². The van der Waals surface area contributed by atoms with Crippen molar-refractivity contribution in [1.29, 1.82) is 0 Å². The molecule has 1 N–H and O–H groups in total. The summed E-state index contributed by atoms with van der Waals surface area (Å²) in [6.07, 6.45) is 4.06. The van der Waals surface area contributed by atoms with E-state index in [1.807, 2.05) is 0 Å². The van der Waals surface area contributed by atoms with Gasteiger partial charge >= 0.3 is 0 Å². The Hall–Kier alpha value is -0.170. The Morgan fingerprint density at radius 1 is 1.17 bits per heavy atom. The summed E-state index contributed by atoms with van der Waals surface area (Å²) < 4.78 is 27.5. The molecule has 1 fully saturated rings. The minimum absolute atomic E-state index is 0.491. The molecule has 0 spiro atoms. The van der Waals surface area contributed by atoms with E-state index in [0.717, 1.165) is 38.8 Å². The number of hydrogen-bond donors (Lipinski definition) is 1. The Bertz CT molecular complexity index is 326. The summed E-state index contributed by atoms with van der Waals surface area (Å²) in [5.41, 5.74) is 0. The molecule has 0 aromatic carbocycles. The average Bonchev–Trinajstić information content (AvgIpc) is 2.36. The number of nitrogens with one attached hydrogen (secondary N) is 1. The zero-order chi connectivity index (χ0) is 13.6. The molecule has 0 aromatic heterocycles. The second kappa shape index (κ2) is 7.43. The topological polar surface area (TPSA) is 52.7 Å². The standard InChI is InChI=1S/C12H27N3O2S/c1-4-5-10-14(2)18(16,17)15(3)11-12-6-8-13-9-7-12/h12-13H,4-11H2,1-3H3. The molecule has 1 aliphatic rings. The van der Waals surface area contributed by atoms with Crippen LogP contribution in [0.4, 0.5) is 0 Å². The van der Waals surface area contributed by atoms with Crippen molar-refractivity contribution < 1.29 is 8.42 Å². The predicted molar refractivity (Wildman–Crippen MR) is 74.7 cm³/mol. The van der Waals surface area contributed by atoms with Crippen molar-refractivity contribution in [1.82, 2.24) is 13.9 Å². The van der Waals surface area contributed by atoms with Gasteiger partial charge < -0.3 is 5.32 Å². The van der Waals surface area contributed by atoms with Crippen LogP contribution in [-0.2, 0) is 10.2 Å². The first-order valence-corrected chi connectivity index (χ1v) is 8.26. The van der Waals surface area contributed by atoms with Crippen LogP contribution in [-0.4, -0.2) is 57.3 Å². The highest BCUT2D eigenvalue weighted by atomic mass is 32.2. The fraction of sp³-hybridized carbons (Fsp3) is 1.00. The first kappa shape index (κ1) is 15.9. The highest BCUT2D eigenvalue weighted by molar-refractivity contribution is 7.86. The smallest absolute Gasteiger partial charge is 0.281 e. The zero-order valence-corrected chi connectivity index (χ0v) is 12.7. The summed E-state index contributed by atoms with van der Waals surface area (Å²) in [5, 5.41) is 3.30. The molecule has 0 aliphatic carbocycles. The molecule has 0 unspecified atom stereocenters. The van der Waals surface area contributed by atoms with Gasteiger partial charge in [-0.15, -0.1) is 0 Å². The molecule has 0 amide bonds. The van der Waals surface area contributed by atoms with Crippen LogP contribution in [0.25, 0.3) is 0 Å². The second-order valence-electron chi connectivity index (χ2n) is 5.16. The van der Waals surface area contributed by atoms with Crippen molar-refractivity contribution in [2.24, 2.45) is 5.92 Å². The Morgan fingerprint density at radius 2 is 1.78 bits per heavy atom. The van der Waals surface area contributed by atoms with E-state index >= 15 is 0 Å². The van der Waals surface area contributed by atoms with Crippen LogP contribution < -0.4 is 5.32 Å². The minimum Gasteiger partial charge on any atom is -0.317 e. The largest absolute Gasteiger partial charge is 0.317 e. The third-order valence-corrected chi connectivity index (χ3v) is 5.50. The van der Waals surface area contributed by atoms with Crippen LogP contribution in [0.5, 0.6) is 0 Å². The molecule has 18 heavy (non-hydrogen) atoms. The van der Waals surface area contributed by atoms with E-state index in [4.69, 9.17) is 0 Å². The van der Waals surface area contributed by atoms with Gasteiger partial charge in [-0.05, 0) is 38.3 Å². The summed E-state index contributed by atoms with van der Waals surface area (Å²) in [7, 11) is 0.100. The van der Waals surface area contributed by atoms with Crippen molar-refractivity contribution in [3.05, 3.63) is 0 Å². The number of unbranched alkanes of at least 4 members (excludes halogenated alkanes) is 1. The van der Waals surface area contributed by atoms with Gasteiger partial charge in [-0.2, -0.15) is 17.0 Å². The first-order chi connectivity index (χ1) is 8.48. The quantitative estimate of drug-likeness (QED) is 0.752. The third-order valence-electron chi connectivity index (χ3n) is 3.59. The average molecular weight is 277 g/mol. The first-order valence-electron chi connectivity index (χ1n) is 6.86. The fourth-order valence-electron chi connectivity index (χ4n) is 2.26. The summed E-state index contributed by atoms with van der Waals surface area (Å²) in [4.78, 5) is 0. The molecule has 1 heterocycles. The lowest BCUT2D eigenvalue weighted by Crippen LogP contribution is -2.43. The highest BCUT2D eigenvalue weighted by Gasteiger charge is 2.26. The van der Waals surface area contributed by atoms with Crippen molar-refractivity contribution in [3.63, 3.8) is 0 Å². The number of nitrogens with zero attached hydrogens (tertiary/aromatic N) is 2. The van der Waals surface area contributed by atoms with E-state index in [-0.39, 0.29) is 0 Å². The third kappa shape index (κ3) is 4.50. The van der Waals surface area contributed by atoms with Crippen LogP contribution in [0.2, 0.25) is 0 Å².